The summed E-state index contributed by atoms with van der Waals surface area (Å²) in [6, 6.07) is 16.1. The third-order valence-electron chi connectivity index (χ3n) is 5.13. The van der Waals surface area contributed by atoms with Crippen molar-refractivity contribution in [3.63, 3.8) is 0 Å². The summed E-state index contributed by atoms with van der Waals surface area (Å²) in [5.74, 6) is 0.0157. The van der Waals surface area contributed by atoms with Crippen molar-refractivity contribution in [2.45, 2.75) is 18.7 Å². The normalized spacial score (nSPS) is 26.4. The molecule has 2 heterocycles. The number of rotatable bonds is 2. The van der Waals surface area contributed by atoms with Gasteiger partial charge in [-0.05, 0) is 25.1 Å². The standard InChI is InChI=1S/C20H21N3O3/c1-20-16(18(24)22(2)3)17(14-11-7-8-12-15(14)26-20)21-19(25)23(20)13-9-5-4-6-10-13/h4-12,16-17H,1-3H3,(H,21,25)/t16-,17-,20-/m0/s1. The van der Waals surface area contributed by atoms with Gasteiger partial charge in [0.15, 0.2) is 0 Å². The Bertz CT molecular complexity index is 868. The Hall–Kier alpha value is -3.02. The van der Waals surface area contributed by atoms with E-state index < -0.39 is 17.7 Å². The van der Waals surface area contributed by atoms with Crippen LogP contribution < -0.4 is 15.0 Å². The van der Waals surface area contributed by atoms with Gasteiger partial charge in [-0.1, -0.05) is 36.4 Å². The minimum absolute atomic E-state index is 0.0899. The molecule has 2 bridgehead atoms. The number of carbonyl (C=O) groups excluding carboxylic acids is 2. The number of carbonyl (C=O) groups is 2. The first-order chi connectivity index (χ1) is 12.4. The van der Waals surface area contributed by atoms with E-state index in [4.69, 9.17) is 4.74 Å². The van der Waals surface area contributed by atoms with Gasteiger partial charge in [0.05, 0.1) is 6.04 Å². The highest BCUT2D eigenvalue weighted by Gasteiger charge is 2.60. The Morgan fingerprint density at radius 3 is 2.46 bits per heavy atom. The van der Waals surface area contributed by atoms with E-state index in [2.05, 4.69) is 5.32 Å². The van der Waals surface area contributed by atoms with Crippen LogP contribution in [0, 0.1) is 5.92 Å². The lowest BCUT2D eigenvalue weighted by Gasteiger charge is -2.55. The van der Waals surface area contributed by atoms with Crippen molar-refractivity contribution in [3.8, 4) is 5.75 Å². The fourth-order valence-corrected chi connectivity index (χ4v) is 3.95. The van der Waals surface area contributed by atoms with E-state index in [1.54, 1.807) is 23.9 Å². The largest absolute Gasteiger partial charge is 0.466 e. The minimum Gasteiger partial charge on any atom is -0.466 e. The van der Waals surface area contributed by atoms with Crippen LogP contribution in [0.5, 0.6) is 5.75 Å². The maximum absolute atomic E-state index is 13.1. The van der Waals surface area contributed by atoms with Crippen molar-refractivity contribution in [1.82, 2.24) is 10.2 Å². The molecule has 2 aliphatic heterocycles. The van der Waals surface area contributed by atoms with Crippen molar-refractivity contribution in [2.75, 3.05) is 19.0 Å². The third kappa shape index (κ3) is 2.25. The number of amides is 3. The molecule has 2 aliphatic rings. The molecule has 4 rings (SSSR count). The number of urea groups is 1. The molecular formula is C20H21N3O3. The molecule has 6 heteroatoms. The number of benzene rings is 2. The summed E-state index contributed by atoms with van der Waals surface area (Å²) in [6.07, 6.45) is 0. The predicted molar refractivity (Wildman–Crippen MR) is 97.9 cm³/mol. The van der Waals surface area contributed by atoms with E-state index in [1.807, 2.05) is 61.5 Å². The third-order valence-corrected chi connectivity index (χ3v) is 5.13. The van der Waals surface area contributed by atoms with Crippen molar-refractivity contribution in [3.05, 3.63) is 60.2 Å². The van der Waals surface area contributed by atoms with E-state index in [0.717, 1.165) is 5.56 Å². The average molecular weight is 351 g/mol. The number of nitrogens with zero attached hydrogens (tertiary/aromatic N) is 2. The van der Waals surface area contributed by atoms with Gasteiger partial charge in [-0.15, -0.1) is 0 Å². The van der Waals surface area contributed by atoms with Crippen LogP contribution in [0.25, 0.3) is 0 Å². The highest BCUT2D eigenvalue weighted by molar-refractivity contribution is 5.98. The van der Waals surface area contributed by atoms with Gasteiger partial charge in [0.1, 0.15) is 11.7 Å². The maximum Gasteiger partial charge on any atom is 0.325 e. The van der Waals surface area contributed by atoms with Crippen LogP contribution in [0.1, 0.15) is 18.5 Å². The second-order valence-corrected chi connectivity index (χ2v) is 7.00. The molecule has 1 saturated heterocycles. The van der Waals surface area contributed by atoms with Crippen LogP contribution >= 0.6 is 0 Å². The maximum atomic E-state index is 13.1. The van der Waals surface area contributed by atoms with Crippen LogP contribution in [-0.4, -0.2) is 36.7 Å². The summed E-state index contributed by atoms with van der Waals surface area (Å²) < 4.78 is 6.33. The zero-order valence-corrected chi connectivity index (χ0v) is 15.0. The van der Waals surface area contributed by atoms with E-state index in [1.165, 1.54) is 0 Å². The zero-order chi connectivity index (χ0) is 18.5. The topological polar surface area (TPSA) is 61.9 Å². The number of hydrogen-bond acceptors (Lipinski definition) is 3. The van der Waals surface area contributed by atoms with E-state index in [-0.39, 0.29) is 11.9 Å². The number of fused-ring (bicyclic) bond motifs is 4. The quantitative estimate of drug-likeness (QED) is 0.905. The molecule has 6 nitrogen and oxygen atoms in total. The van der Waals surface area contributed by atoms with Crippen molar-refractivity contribution < 1.29 is 14.3 Å². The Kier molecular flexibility index (Phi) is 3.64. The fraction of sp³-hybridized carbons (Fsp3) is 0.300. The Morgan fingerprint density at radius 1 is 1.12 bits per heavy atom. The molecule has 0 spiro atoms. The number of nitrogens with one attached hydrogen (secondary N) is 1. The van der Waals surface area contributed by atoms with Gasteiger partial charge in [-0.25, -0.2) is 4.79 Å². The van der Waals surface area contributed by atoms with Gasteiger partial charge < -0.3 is 15.0 Å². The van der Waals surface area contributed by atoms with E-state index in [0.29, 0.717) is 11.4 Å². The van der Waals surface area contributed by atoms with Gasteiger partial charge in [0, 0.05) is 25.3 Å². The molecule has 0 unspecified atom stereocenters. The van der Waals surface area contributed by atoms with Gasteiger partial charge in [0.2, 0.25) is 11.6 Å². The molecule has 1 N–H and O–H groups in total. The smallest absolute Gasteiger partial charge is 0.325 e. The van der Waals surface area contributed by atoms with Gasteiger partial charge >= 0.3 is 6.03 Å². The summed E-state index contributed by atoms with van der Waals surface area (Å²) in [6.45, 7) is 1.81. The molecule has 2 aromatic carbocycles. The van der Waals surface area contributed by atoms with Gasteiger partial charge in [-0.2, -0.15) is 0 Å². The summed E-state index contributed by atoms with van der Waals surface area (Å²) in [4.78, 5) is 29.1. The SMILES string of the molecule is CN(C)C(=O)[C@@H]1[C@H]2NC(=O)N(c3ccccc3)[C@@]1(C)Oc1ccccc12. The summed E-state index contributed by atoms with van der Waals surface area (Å²) in [5, 5.41) is 3.02. The first-order valence-electron chi connectivity index (χ1n) is 8.58. The van der Waals surface area contributed by atoms with Crippen molar-refractivity contribution in [1.29, 1.82) is 0 Å². The van der Waals surface area contributed by atoms with E-state index in [9.17, 15) is 9.59 Å². The number of para-hydroxylation sites is 2. The van der Waals surface area contributed by atoms with Gasteiger partial charge in [0.25, 0.3) is 0 Å². The molecule has 0 aliphatic carbocycles. The molecular weight excluding hydrogens is 330 g/mol. The lowest BCUT2D eigenvalue weighted by molar-refractivity contribution is -0.144. The first kappa shape index (κ1) is 16.4. The lowest BCUT2D eigenvalue weighted by atomic mass is 9.78. The van der Waals surface area contributed by atoms with Gasteiger partial charge in [-0.3, -0.25) is 9.69 Å². The second-order valence-electron chi connectivity index (χ2n) is 7.00. The number of hydrogen-bond donors (Lipinski definition) is 1. The number of anilines is 1. The predicted octanol–water partition coefficient (Wildman–Crippen LogP) is 2.77. The highest BCUT2D eigenvalue weighted by atomic mass is 16.5. The molecule has 3 atom stereocenters. The first-order valence-corrected chi connectivity index (χ1v) is 8.58. The summed E-state index contributed by atoms with van der Waals surface area (Å²) in [7, 11) is 3.44. The van der Waals surface area contributed by atoms with E-state index >= 15 is 0 Å². The molecule has 1 fully saturated rings. The molecule has 0 saturated carbocycles. The Morgan fingerprint density at radius 2 is 1.77 bits per heavy atom. The van der Waals surface area contributed by atoms with Crippen LogP contribution in [-0.2, 0) is 4.79 Å². The molecule has 26 heavy (non-hydrogen) atoms. The van der Waals surface area contributed by atoms with Crippen molar-refractivity contribution in [2.24, 2.45) is 5.92 Å². The molecule has 2 aromatic rings. The second kappa shape index (κ2) is 5.76. The fourth-order valence-electron chi connectivity index (χ4n) is 3.95. The summed E-state index contributed by atoms with van der Waals surface area (Å²) in [5.41, 5.74) is 0.373. The van der Waals surface area contributed by atoms with Crippen molar-refractivity contribution >= 4 is 17.6 Å². The highest BCUT2D eigenvalue weighted by Crippen LogP contribution is 2.49. The lowest BCUT2D eigenvalue weighted by Crippen LogP contribution is -2.72. The van der Waals surface area contributed by atoms with Crippen LogP contribution in [0.15, 0.2) is 54.6 Å². The summed E-state index contributed by atoms with van der Waals surface area (Å²) >= 11 is 0. The molecule has 0 aromatic heterocycles. The Labute approximate surface area is 152 Å². The monoisotopic (exact) mass is 351 g/mol. The number of ether oxygens (including phenoxy) is 1. The average Bonchev–Trinajstić information content (AvgIpc) is 2.61. The minimum atomic E-state index is -1.13. The van der Waals surface area contributed by atoms with Crippen LogP contribution in [0.3, 0.4) is 0 Å². The molecule has 3 amide bonds. The molecule has 134 valence electrons. The Balaban J connectivity index is 1.92. The molecule has 0 radical (unpaired) electrons. The zero-order valence-electron chi connectivity index (χ0n) is 15.0. The van der Waals surface area contributed by atoms with Crippen LogP contribution in [0.4, 0.5) is 10.5 Å². The van der Waals surface area contributed by atoms with Crippen LogP contribution in [0.2, 0.25) is 0 Å².